The maximum Gasteiger partial charge on any atom is 0.453 e. The summed E-state index contributed by atoms with van der Waals surface area (Å²) < 4.78 is 45.3. The van der Waals surface area contributed by atoms with E-state index in [2.05, 4.69) is 25.2 Å². The van der Waals surface area contributed by atoms with Gasteiger partial charge in [0.1, 0.15) is 5.82 Å². The molecule has 0 bridgehead atoms. The Hall–Kier alpha value is -2.95. The number of alkyl halides is 3. The van der Waals surface area contributed by atoms with Gasteiger partial charge in [-0.15, -0.1) is 15.3 Å². The molecule has 0 saturated carbocycles. The van der Waals surface area contributed by atoms with Crippen LogP contribution in [0.25, 0.3) is 5.65 Å². The average Bonchev–Trinajstić information content (AvgIpc) is 3.14. The second kappa shape index (κ2) is 7.82. The minimum atomic E-state index is -4.60. The topological polar surface area (TPSA) is 71.7 Å². The number of piperazine rings is 1. The molecule has 0 aromatic carbocycles. The first-order valence-corrected chi connectivity index (χ1v) is 9.29. The zero-order valence-electron chi connectivity index (χ0n) is 15.8. The molecule has 0 aliphatic carbocycles. The Kier molecular flexibility index (Phi) is 5.22. The lowest BCUT2D eigenvalue weighted by Crippen LogP contribution is -2.46. The van der Waals surface area contributed by atoms with Crippen molar-refractivity contribution in [3.05, 3.63) is 41.9 Å². The molecule has 8 nitrogen and oxygen atoms in total. The van der Waals surface area contributed by atoms with Crippen LogP contribution in [0.5, 0.6) is 5.88 Å². The second-order valence-corrected chi connectivity index (χ2v) is 6.68. The molecule has 1 fully saturated rings. The lowest BCUT2D eigenvalue weighted by Gasteiger charge is -2.35. The molecular weight excluding hydrogens is 387 g/mol. The fourth-order valence-electron chi connectivity index (χ4n) is 3.26. The number of hydrogen-bond donors (Lipinski definition) is 0. The highest BCUT2D eigenvalue weighted by molar-refractivity contribution is 5.46. The number of aromatic nitrogens is 5. The van der Waals surface area contributed by atoms with Crippen molar-refractivity contribution in [1.82, 2.24) is 29.7 Å². The summed E-state index contributed by atoms with van der Waals surface area (Å²) in [5, 5.41) is 10.9. The smallest absolute Gasteiger partial charge is 0.453 e. The van der Waals surface area contributed by atoms with Gasteiger partial charge in [-0.25, -0.2) is 4.98 Å². The predicted octanol–water partition coefficient (Wildman–Crippen LogP) is 2.26. The van der Waals surface area contributed by atoms with Gasteiger partial charge in [-0.05, 0) is 24.6 Å². The van der Waals surface area contributed by atoms with Crippen molar-refractivity contribution in [2.24, 2.45) is 0 Å². The largest absolute Gasteiger partial charge is 0.478 e. The molecule has 4 heterocycles. The Morgan fingerprint density at radius 1 is 1.03 bits per heavy atom. The van der Waals surface area contributed by atoms with Gasteiger partial charge < -0.3 is 9.64 Å². The van der Waals surface area contributed by atoms with Gasteiger partial charge in [-0.1, -0.05) is 6.07 Å². The van der Waals surface area contributed by atoms with E-state index in [1.165, 1.54) is 6.07 Å². The zero-order valence-corrected chi connectivity index (χ0v) is 15.8. The monoisotopic (exact) mass is 407 g/mol. The molecule has 4 rings (SSSR count). The van der Waals surface area contributed by atoms with Gasteiger partial charge in [0, 0.05) is 45.0 Å². The first kappa shape index (κ1) is 19.4. The number of pyridine rings is 1. The van der Waals surface area contributed by atoms with Crippen molar-refractivity contribution >= 4 is 11.5 Å². The van der Waals surface area contributed by atoms with Crippen LogP contribution in [-0.2, 0) is 12.7 Å². The van der Waals surface area contributed by atoms with Crippen molar-refractivity contribution in [3.8, 4) is 5.88 Å². The van der Waals surface area contributed by atoms with Crippen molar-refractivity contribution in [2.45, 2.75) is 19.6 Å². The van der Waals surface area contributed by atoms with E-state index in [4.69, 9.17) is 4.74 Å². The molecule has 3 aromatic rings. The van der Waals surface area contributed by atoms with Gasteiger partial charge >= 0.3 is 6.18 Å². The first-order valence-electron chi connectivity index (χ1n) is 9.29. The fourth-order valence-corrected chi connectivity index (χ4v) is 3.26. The maximum atomic E-state index is 13.1. The summed E-state index contributed by atoms with van der Waals surface area (Å²) in [6.07, 6.45) is -2.80. The van der Waals surface area contributed by atoms with Crippen LogP contribution in [0.1, 0.15) is 18.3 Å². The van der Waals surface area contributed by atoms with Crippen LogP contribution >= 0.6 is 0 Å². The minimum absolute atomic E-state index is 0.0720. The Morgan fingerprint density at radius 3 is 2.48 bits per heavy atom. The number of ether oxygens (including phenoxy) is 1. The number of nitrogens with zero attached hydrogens (tertiary/aromatic N) is 7. The third-order valence-electron chi connectivity index (χ3n) is 4.69. The molecule has 0 radical (unpaired) electrons. The molecule has 29 heavy (non-hydrogen) atoms. The van der Waals surface area contributed by atoms with Gasteiger partial charge in [0.15, 0.2) is 5.65 Å². The maximum absolute atomic E-state index is 13.1. The standard InChI is InChI=1S/C18H20F3N7O/c1-2-29-16-6-3-13(11-22-16)12-26-7-9-27(10-8-26)15-5-4-14-23-24-17(18(19,20)21)28(14)25-15/h3-6,11H,2,7-10,12H2,1H3. The van der Waals surface area contributed by atoms with Crippen LogP contribution in [0.3, 0.4) is 0 Å². The highest BCUT2D eigenvalue weighted by Crippen LogP contribution is 2.28. The predicted molar refractivity (Wildman–Crippen MR) is 98.7 cm³/mol. The van der Waals surface area contributed by atoms with E-state index in [0.29, 0.717) is 31.4 Å². The molecule has 11 heteroatoms. The molecule has 1 aliphatic heterocycles. The minimum Gasteiger partial charge on any atom is -0.478 e. The quantitative estimate of drug-likeness (QED) is 0.642. The second-order valence-electron chi connectivity index (χ2n) is 6.68. The van der Waals surface area contributed by atoms with Crippen LogP contribution in [0, 0.1) is 0 Å². The summed E-state index contributed by atoms with van der Waals surface area (Å²) in [5.74, 6) is -0.0316. The van der Waals surface area contributed by atoms with Crippen molar-refractivity contribution < 1.29 is 17.9 Å². The Balaban J connectivity index is 1.40. The summed E-state index contributed by atoms with van der Waals surface area (Å²) in [7, 11) is 0. The number of halogens is 3. The number of anilines is 1. The van der Waals surface area contributed by atoms with Gasteiger partial charge in [-0.2, -0.15) is 17.7 Å². The van der Waals surface area contributed by atoms with E-state index in [1.54, 1.807) is 12.3 Å². The Morgan fingerprint density at radius 2 is 1.83 bits per heavy atom. The van der Waals surface area contributed by atoms with E-state index < -0.39 is 12.0 Å². The van der Waals surface area contributed by atoms with Crippen LogP contribution in [-0.4, -0.2) is 62.5 Å². The van der Waals surface area contributed by atoms with Crippen LogP contribution in [0.15, 0.2) is 30.5 Å². The molecule has 0 spiro atoms. The van der Waals surface area contributed by atoms with Crippen LogP contribution in [0.2, 0.25) is 0 Å². The summed E-state index contributed by atoms with van der Waals surface area (Å²) in [6, 6.07) is 7.02. The average molecular weight is 407 g/mol. The van der Waals surface area contributed by atoms with Gasteiger partial charge in [-0.3, -0.25) is 4.90 Å². The number of rotatable bonds is 5. The lowest BCUT2D eigenvalue weighted by molar-refractivity contribution is -0.146. The third-order valence-corrected chi connectivity index (χ3v) is 4.69. The fraction of sp³-hybridized carbons (Fsp3) is 0.444. The van der Waals surface area contributed by atoms with Crippen molar-refractivity contribution in [3.63, 3.8) is 0 Å². The first-order chi connectivity index (χ1) is 13.9. The van der Waals surface area contributed by atoms with E-state index >= 15 is 0 Å². The Labute approximate surface area is 164 Å². The molecular formula is C18H20F3N7O. The van der Waals surface area contributed by atoms with Crippen molar-refractivity contribution in [1.29, 1.82) is 0 Å². The van der Waals surface area contributed by atoms with E-state index in [9.17, 15) is 13.2 Å². The van der Waals surface area contributed by atoms with E-state index in [1.807, 2.05) is 24.0 Å². The van der Waals surface area contributed by atoms with Crippen LogP contribution < -0.4 is 9.64 Å². The number of hydrogen-bond acceptors (Lipinski definition) is 7. The van der Waals surface area contributed by atoms with Gasteiger partial charge in [0.05, 0.1) is 6.61 Å². The van der Waals surface area contributed by atoms with Crippen LogP contribution in [0.4, 0.5) is 19.0 Å². The summed E-state index contributed by atoms with van der Waals surface area (Å²) in [6.45, 7) is 6.09. The molecule has 0 amide bonds. The molecule has 1 aliphatic rings. The third kappa shape index (κ3) is 4.24. The van der Waals surface area contributed by atoms with Crippen molar-refractivity contribution in [2.75, 3.05) is 37.7 Å². The molecule has 0 N–H and O–H groups in total. The zero-order chi connectivity index (χ0) is 20.4. The SMILES string of the molecule is CCOc1ccc(CN2CCN(c3ccc4nnc(C(F)(F)F)n4n3)CC2)cn1. The summed E-state index contributed by atoms with van der Waals surface area (Å²) >= 11 is 0. The summed E-state index contributed by atoms with van der Waals surface area (Å²) in [4.78, 5) is 8.51. The molecule has 1 saturated heterocycles. The van der Waals surface area contributed by atoms with E-state index in [-0.39, 0.29) is 5.65 Å². The molecule has 0 unspecified atom stereocenters. The molecule has 0 atom stereocenters. The summed E-state index contributed by atoms with van der Waals surface area (Å²) in [5.41, 5.74) is 1.16. The highest BCUT2D eigenvalue weighted by Gasteiger charge is 2.37. The van der Waals surface area contributed by atoms with E-state index in [0.717, 1.165) is 29.7 Å². The van der Waals surface area contributed by atoms with Gasteiger partial charge in [0.2, 0.25) is 5.88 Å². The Bertz CT molecular complexity index is 966. The highest BCUT2D eigenvalue weighted by atomic mass is 19.4. The normalized spacial score (nSPS) is 15.8. The lowest BCUT2D eigenvalue weighted by atomic mass is 10.2. The molecule has 3 aromatic heterocycles. The molecule has 154 valence electrons. The van der Waals surface area contributed by atoms with Gasteiger partial charge in [0.25, 0.3) is 5.82 Å². The number of fused-ring (bicyclic) bond motifs is 1.